The van der Waals surface area contributed by atoms with Gasteiger partial charge >= 0.3 is 0 Å². The number of oxazole rings is 1. The molecule has 2 aliphatic heterocycles. The number of nitrogen functional groups attached to an aromatic ring is 1. The minimum Gasteiger partial charge on any atom is -0.493 e. The zero-order chi connectivity index (χ0) is 25.9. The van der Waals surface area contributed by atoms with Crippen LogP contribution in [0.4, 0.5) is 17.5 Å². The number of ether oxygens (including phenoxy) is 1. The maximum atomic E-state index is 12.1. The molecule has 3 aliphatic rings. The molecule has 5 aromatic rings. The van der Waals surface area contributed by atoms with E-state index in [9.17, 15) is 4.79 Å². The van der Waals surface area contributed by atoms with E-state index in [4.69, 9.17) is 19.9 Å². The van der Waals surface area contributed by atoms with Gasteiger partial charge in [-0.25, -0.2) is 4.98 Å². The van der Waals surface area contributed by atoms with Crippen molar-refractivity contribution in [2.75, 3.05) is 35.6 Å². The lowest BCUT2D eigenvalue weighted by Crippen LogP contribution is -2.55. The van der Waals surface area contributed by atoms with Crippen molar-refractivity contribution < 1.29 is 9.15 Å². The number of aromatic nitrogens is 3. The molecule has 192 valence electrons. The summed E-state index contributed by atoms with van der Waals surface area (Å²) in [4.78, 5) is 23.4. The molecule has 0 amide bonds. The number of hydrogen-bond donors (Lipinski definition) is 2. The van der Waals surface area contributed by atoms with Crippen molar-refractivity contribution in [1.29, 1.82) is 0 Å². The minimum absolute atomic E-state index is 0.0590. The van der Waals surface area contributed by atoms with Gasteiger partial charge in [-0.1, -0.05) is 24.3 Å². The second-order valence-electron chi connectivity index (χ2n) is 10.7. The van der Waals surface area contributed by atoms with E-state index in [1.165, 1.54) is 4.57 Å². The predicted octanol–water partition coefficient (Wildman–Crippen LogP) is 4.19. The first kappa shape index (κ1) is 22.7. The number of nitrogens with two attached hydrogens (primary N) is 1. The van der Waals surface area contributed by atoms with Gasteiger partial charge < -0.3 is 29.7 Å². The highest BCUT2D eigenvalue weighted by Crippen LogP contribution is 2.60. The van der Waals surface area contributed by atoms with Crippen LogP contribution in [0.2, 0.25) is 0 Å². The number of fused-ring (bicyclic) bond motifs is 3. The summed E-state index contributed by atoms with van der Waals surface area (Å²) in [5.41, 5.74) is 8.44. The molecule has 2 saturated heterocycles. The fraction of sp³-hybridized carbons (Fsp3) is 0.276. The Morgan fingerprint density at radius 2 is 1.97 bits per heavy atom. The van der Waals surface area contributed by atoms with Gasteiger partial charge in [-0.05, 0) is 43.2 Å². The van der Waals surface area contributed by atoms with Gasteiger partial charge in [0.1, 0.15) is 17.1 Å². The third-order valence-electron chi connectivity index (χ3n) is 8.05. The zero-order valence-electron chi connectivity index (χ0n) is 21.1. The maximum Gasteiger partial charge on any atom is 0.298 e. The Balaban J connectivity index is 1.18. The summed E-state index contributed by atoms with van der Waals surface area (Å²) in [6, 6.07) is 19.9. The molecule has 3 aromatic heterocycles. The summed E-state index contributed by atoms with van der Waals surface area (Å²) >= 11 is 0. The number of hydrogen-bond acceptors (Lipinski definition) is 8. The van der Waals surface area contributed by atoms with Gasteiger partial charge in [-0.3, -0.25) is 4.79 Å². The predicted molar refractivity (Wildman–Crippen MR) is 148 cm³/mol. The van der Waals surface area contributed by atoms with Crippen molar-refractivity contribution >= 4 is 39.4 Å². The number of para-hydroxylation sites is 2. The molecule has 38 heavy (non-hydrogen) atoms. The summed E-state index contributed by atoms with van der Waals surface area (Å²) in [5.74, 6) is 1.12. The summed E-state index contributed by atoms with van der Waals surface area (Å²) < 4.78 is 13.9. The molecule has 3 fully saturated rings. The van der Waals surface area contributed by atoms with Crippen molar-refractivity contribution in [2.45, 2.75) is 18.4 Å². The molecule has 2 aromatic carbocycles. The van der Waals surface area contributed by atoms with Crippen LogP contribution in [0.1, 0.15) is 12.8 Å². The fourth-order valence-electron chi connectivity index (χ4n) is 6.26. The molecule has 0 radical (unpaired) electrons. The molecular weight excluding hydrogens is 480 g/mol. The highest BCUT2D eigenvalue weighted by molar-refractivity contribution is 5.99. The molecule has 1 saturated carbocycles. The van der Waals surface area contributed by atoms with Crippen LogP contribution in [0.5, 0.6) is 5.75 Å². The highest BCUT2D eigenvalue weighted by Gasteiger charge is 2.66. The maximum absolute atomic E-state index is 12.1. The van der Waals surface area contributed by atoms with Crippen LogP contribution < -0.4 is 26.2 Å². The zero-order valence-corrected chi connectivity index (χ0v) is 21.1. The van der Waals surface area contributed by atoms with E-state index in [0.29, 0.717) is 30.7 Å². The molecule has 0 unspecified atom stereocenters. The van der Waals surface area contributed by atoms with E-state index in [0.717, 1.165) is 46.9 Å². The van der Waals surface area contributed by atoms with E-state index >= 15 is 0 Å². The van der Waals surface area contributed by atoms with Crippen LogP contribution >= 0.6 is 0 Å². The molecular formula is C29H28N6O3. The lowest BCUT2D eigenvalue weighted by Gasteiger charge is -2.47. The third-order valence-corrected chi connectivity index (χ3v) is 8.05. The summed E-state index contributed by atoms with van der Waals surface area (Å²) in [7, 11) is 1.73. The normalized spacial score (nSPS) is 22.1. The molecule has 5 heterocycles. The quantitative estimate of drug-likeness (QED) is 0.337. The Kier molecular flexibility index (Phi) is 4.91. The Labute approximate surface area is 218 Å². The van der Waals surface area contributed by atoms with E-state index in [1.54, 1.807) is 25.5 Å². The molecule has 0 spiro atoms. The van der Waals surface area contributed by atoms with Crippen molar-refractivity contribution in [3.05, 3.63) is 83.4 Å². The molecule has 2 bridgehead atoms. The van der Waals surface area contributed by atoms with Crippen molar-refractivity contribution in [3.8, 4) is 5.75 Å². The SMILES string of the molecule is Cn1ccc(OCC23CN(c4nc5ccccc5o4)C(CNc4cccc5c(N)nccc45)(C2)C3)cc1=O. The van der Waals surface area contributed by atoms with Gasteiger partial charge in [0.2, 0.25) is 0 Å². The number of aryl methyl sites for hydroxylation is 1. The van der Waals surface area contributed by atoms with Gasteiger partial charge in [-0.2, -0.15) is 4.98 Å². The van der Waals surface area contributed by atoms with Gasteiger partial charge in [0.05, 0.1) is 12.1 Å². The number of rotatable bonds is 7. The Bertz CT molecular complexity index is 1700. The molecule has 3 N–H and O–H groups in total. The van der Waals surface area contributed by atoms with E-state index in [1.807, 2.05) is 48.5 Å². The van der Waals surface area contributed by atoms with Crippen molar-refractivity contribution in [2.24, 2.45) is 12.5 Å². The van der Waals surface area contributed by atoms with Gasteiger partial charge in [0.25, 0.3) is 11.6 Å². The highest BCUT2D eigenvalue weighted by atomic mass is 16.5. The Morgan fingerprint density at radius 1 is 1.11 bits per heavy atom. The van der Waals surface area contributed by atoms with Crippen molar-refractivity contribution in [1.82, 2.24) is 14.5 Å². The lowest BCUT2D eigenvalue weighted by molar-refractivity contribution is 0.0623. The lowest BCUT2D eigenvalue weighted by atomic mass is 9.62. The van der Waals surface area contributed by atoms with Crippen molar-refractivity contribution in [3.63, 3.8) is 0 Å². The summed E-state index contributed by atoms with van der Waals surface area (Å²) in [6.45, 7) is 1.99. The monoisotopic (exact) mass is 508 g/mol. The Hall–Kier alpha value is -4.53. The van der Waals surface area contributed by atoms with Gasteiger partial charge in [0, 0.05) is 60.5 Å². The molecule has 9 nitrogen and oxygen atoms in total. The van der Waals surface area contributed by atoms with Crippen LogP contribution in [-0.4, -0.2) is 39.8 Å². The number of nitrogens with zero attached hydrogens (tertiary/aromatic N) is 4. The second kappa shape index (κ2) is 8.24. The van der Waals surface area contributed by atoms with Gasteiger partial charge in [-0.15, -0.1) is 0 Å². The molecule has 9 heteroatoms. The third kappa shape index (κ3) is 3.57. The minimum atomic E-state index is -0.183. The first-order valence-electron chi connectivity index (χ1n) is 12.7. The van der Waals surface area contributed by atoms with E-state index in [-0.39, 0.29) is 16.5 Å². The average molecular weight is 509 g/mol. The first-order valence-corrected chi connectivity index (χ1v) is 12.7. The van der Waals surface area contributed by atoms with Gasteiger partial charge in [0.15, 0.2) is 5.58 Å². The summed E-state index contributed by atoms with van der Waals surface area (Å²) in [6.07, 6.45) is 5.32. The van der Waals surface area contributed by atoms with Crippen LogP contribution in [0.25, 0.3) is 21.9 Å². The fourth-order valence-corrected chi connectivity index (χ4v) is 6.26. The smallest absolute Gasteiger partial charge is 0.298 e. The van der Waals surface area contributed by atoms with Crippen LogP contribution in [-0.2, 0) is 7.05 Å². The second-order valence-corrected chi connectivity index (χ2v) is 10.7. The number of anilines is 3. The largest absolute Gasteiger partial charge is 0.493 e. The standard InChI is InChI=1S/C29H28N6O3/c1-34-12-10-19(13-25(34)36)37-18-28-14-29(15-28,35(17-28)27-33-23-6-2-3-8-24(23)38-27)16-32-22-7-4-5-21-20(22)9-11-31-26(21)30/h2-13,32H,14-18H2,1H3,(H2,30,31). The average Bonchev–Trinajstić information content (AvgIpc) is 3.57. The molecule has 8 rings (SSSR count). The number of benzene rings is 2. The van der Waals surface area contributed by atoms with Crippen LogP contribution in [0, 0.1) is 5.41 Å². The number of pyridine rings is 2. The van der Waals surface area contributed by atoms with E-state index < -0.39 is 0 Å². The first-order chi connectivity index (χ1) is 18.4. The topological polar surface area (TPSA) is 111 Å². The number of nitrogens with one attached hydrogen (secondary N) is 1. The molecule has 0 atom stereocenters. The summed E-state index contributed by atoms with van der Waals surface area (Å²) in [5, 5.41) is 5.67. The van der Waals surface area contributed by atoms with E-state index in [2.05, 4.69) is 21.3 Å². The Morgan fingerprint density at radius 3 is 2.82 bits per heavy atom. The van der Waals surface area contributed by atoms with Crippen LogP contribution in [0.15, 0.2) is 82.3 Å². The van der Waals surface area contributed by atoms with Crippen LogP contribution in [0.3, 0.4) is 0 Å². The molecule has 1 aliphatic carbocycles.